The van der Waals surface area contributed by atoms with Gasteiger partial charge in [0, 0.05) is 51.8 Å². The number of aldehydes is 1. The van der Waals surface area contributed by atoms with Crippen molar-refractivity contribution in [1.29, 1.82) is 0 Å². The Balaban J connectivity index is 0.000000532. The lowest BCUT2D eigenvalue weighted by molar-refractivity contribution is -0.146. The number of likely N-dealkylation sites (N-methyl/N-ethyl adjacent to an activating group) is 2. The molecule has 5 N–H and O–H groups in total. The molecular weight excluding hydrogens is 476 g/mol. The fourth-order valence-corrected chi connectivity index (χ4v) is 3.32. The van der Waals surface area contributed by atoms with Crippen molar-refractivity contribution >= 4 is 17.9 Å². The third-order valence-corrected chi connectivity index (χ3v) is 5.91. The number of fused-ring (bicyclic) bond motifs is 1. The van der Waals surface area contributed by atoms with E-state index in [-0.39, 0.29) is 5.91 Å². The highest BCUT2D eigenvalue weighted by Crippen LogP contribution is 2.23. The van der Waals surface area contributed by atoms with Crippen LogP contribution >= 0.6 is 0 Å². The summed E-state index contributed by atoms with van der Waals surface area (Å²) in [6.45, 7) is 18.6. The van der Waals surface area contributed by atoms with Crippen LogP contribution in [0, 0.1) is 13.8 Å². The fourth-order valence-electron chi connectivity index (χ4n) is 3.32. The van der Waals surface area contributed by atoms with Crippen molar-refractivity contribution in [3.63, 3.8) is 0 Å². The summed E-state index contributed by atoms with van der Waals surface area (Å²) in [4.78, 5) is 20.7. The highest BCUT2D eigenvalue weighted by Gasteiger charge is 2.23. The molecule has 0 fully saturated rings. The van der Waals surface area contributed by atoms with Gasteiger partial charge in [-0.15, -0.1) is 0 Å². The van der Waals surface area contributed by atoms with E-state index in [0.29, 0.717) is 12.8 Å². The van der Waals surface area contributed by atoms with E-state index in [1.165, 1.54) is 22.3 Å². The molecule has 38 heavy (non-hydrogen) atoms. The average molecular weight is 527 g/mol. The van der Waals surface area contributed by atoms with E-state index < -0.39 is 0 Å². The molecular formula is C30H50N6O2. The number of hydrazine groups is 2. The molecule has 0 unspecified atom stereocenters. The lowest BCUT2D eigenvalue weighted by Crippen LogP contribution is -2.39. The number of hydrogen-bond donors (Lipinski definition) is 4. The number of amides is 1. The third kappa shape index (κ3) is 13.5. The predicted molar refractivity (Wildman–Crippen MR) is 160 cm³/mol. The molecule has 0 saturated heterocycles. The second-order valence-corrected chi connectivity index (χ2v) is 8.82. The molecule has 1 heterocycles. The second kappa shape index (κ2) is 21.0. The number of aryl methyl sites for hydroxylation is 2. The van der Waals surface area contributed by atoms with Gasteiger partial charge in [-0.25, -0.2) is 5.01 Å². The highest BCUT2D eigenvalue weighted by atomic mass is 16.2. The van der Waals surface area contributed by atoms with Crippen LogP contribution in [-0.4, -0.2) is 55.9 Å². The molecule has 2 aromatic carbocycles. The van der Waals surface area contributed by atoms with Gasteiger partial charge in [-0.2, -0.15) is 0 Å². The Kier molecular flexibility index (Phi) is 19.3. The van der Waals surface area contributed by atoms with Crippen LogP contribution in [-0.2, 0) is 22.7 Å². The zero-order chi connectivity index (χ0) is 28.9. The van der Waals surface area contributed by atoms with Crippen molar-refractivity contribution in [3.05, 3.63) is 76.9 Å². The van der Waals surface area contributed by atoms with Crippen LogP contribution in [0.1, 0.15) is 61.4 Å². The van der Waals surface area contributed by atoms with Gasteiger partial charge in [0.2, 0.25) is 5.91 Å². The first kappa shape index (κ1) is 35.0. The number of benzene rings is 2. The molecule has 0 atom stereocenters. The largest absolute Gasteiger partial charge is 0.324 e. The Labute approximate surface area is 230 Å². The van der Waals surface area contributed by atoms with Crippen LogP contribution in [0.5, 0.6) is 0 Å². The van der Waals surface area contributed by atoms with Crippen molar-refractivity contribution in [3.8, 4) is 0 Å². The lowest BCUT2D eigenvalue weighted by Gasteiger charge is -2.27. The van der Waals surface area contributed by atoms with E-state index in [9.17, 15) is 9.59 Å². The molecule has 1 amide bonds. The number of rotatable bonds is 9. The van der Waals surface area contributed by atoms with Crippen molar-refractivity contribution in [1.82, 2.24) is 26.1 Å². The first-order valence-corrected chi connectivity index (χ1v) is 13.3. The van der Waals surface area contributed by atoms with E-state index in [0.717, 1.165) is 50.3 Å². The maximum Gasteiger partial charge on any atom is 0.236 e. The van der Waals surface area contributed by atoms with Crippen LogP contribution in [0.15, 0.2) is 49.0 Å². The van der Waals surface area contributed by atoms with E-state index in [2.05, 4.69) is 72.7 Å². The molecule has 8 nitrogen and oxygen atoms in total. The standard InChI is InChI=1S/C12H16N2O.C10H14N2.C5H14N2.C3H6O/c1-3-12(15)13(2)14-8-10-6-4-5-7-11(10)9-14;1-7-4-5-10(6-8(7)2)9(3)12-11;1-3-7-5-4-6-2;1-2-3-4/h4-7H,3,8-9H2,1-2H3;4-6,12H,3,11H2,1-2H3;6-7H,3-5H2,1-2H3;3H,2H2,1H3. The molecule has 3 rings (SSSR count). The van der Waals surface area contributed by atoms with Crippen molar-refractivity contribution in [2.75, 3.05) is 33.7 Å². The van der Waals surface area contributed by atoms with Gasteiger partial charge in [0.25, 0.3) is 0 Å². The number of nitrogens with one attached hydrogen (secondary N) is 3. The topological polar surface area (TPSA) is 103 Å². The van der Waals surface area contributed by atoms with E-state index in [4.69, 9.17) is 5.84 Å². The average Bonchev–Trinajstić information content (AvgIpc) is 3.39. The van der Waals surface area contributed by atoms with Gasteiger partial charge in [0.1, 0.15) is 6.29 Å². The normalized spacial score (nSPS) is 11.4. The summed E-state index contributed by atoms with van der Waals surface area (Å²) in [5.74, 6) is 5.41. The molecule has 0 saturated carbocycles. The van der Waals surface area contributed by atoms with Gasteiger partial charge in [0.15, 0.2) is 0 Å². The van der Waals surface area contributed by atoms with Crippen LogP contribution in [0.4, 0.5) is 0 Å². The molecule has 8 heteroatoms. The van der Waals surface area contributed by atoms with Crippen LogP contribution in [0.3, 0.4) is 0 Å². The van der Waals surface area contributed by atoms with Gasteiger partial charge < -0.3 is 20.9 Å². The zero-order valence-corrected chi connectivity index (χ0v) is 24.6. The Morgan fingerprint density at radius 3 is 2.05 bits per heavy atom. The Hall–Kier alpha value is -3.04. The van der Waals surface area contributed by atoms with Crippen molar-refractivity contribution < 1.29 is 9.59 Å². The molecule has 0 spiro atoms. The summed E-state index contributed by atoms with van der Waals surface area (Å²) >= 11 is 0. The summed E-state index contributed by atoms with van der Waals surface area (Å²) < 4.78 is 0. The minimum atomic E-state index is 0.169. The number of carbonyl (C=O) groups is 2. The quantitative estimate of drug-likeness (QED) is 0.170. The predicted octanol–water partition coefficient (Wildman–Crippen LogP) is 3.93. The summed E-state index contributed by atoms with van der Waals surface area (Å²) in [5.41, 5.74) is 9.51. The Bertz CT molecular complexity index is 935. The van der Waals surface area contributed by atoms with Crippen LogP contribution in [0.25, 0.3) is 5.70 Å². The molecule has 0 aromatic heterocycles. The molecule has 212 valence electrons. The molecule has 1 aliphatic rings. The second-order valence-electron chi connectivity index (χ2n) is 8.82. The smallest absolute Gasteiger partial charge is 0.236 e. The lowest BCUT2D eigenvalue weighted by atomic mass is 10.1. The molecule has 0 aliphatic carbocycles. The fraction of sp³-hybridized carbons (Fsp3) is 0.467. The zero-order valence-electron chi connectivity index (χ0n) is 24.6. The maximum atomic E-state index is 11.5. The number of hydrogen-bond acceptors (Lipinski definition) is 7. The van der Waals surface area contributed by atoms with Gasteiger partial charge >= 0.3 is 0 Å². The van der Waals surface area contributed by atoms with Gasteiger partial charge in [-0.05, 0) is 61.3 Å². The van der Waals surface area contributed by atoms with Crippen molar-refractivity contribution in [2.24, 2.45) is 5.84 Å². The van der Waals surface area contributed by atoms with Crippen LogP contribution < -0.4 is 21.9 Å². The van der Waals surface area contributed by atoms with Crippen molar-refractivity contribution in [2.45, 2.75) is 60.5 Å². The highest BCUT2D eigenvalue weighted by molar-refractivity contribution is 5.75. The first-order valence-electron chi connectivity index (χ1n) is 13.3. The van der Waals surface area contributed by atoms with Crippen LogP contribution in [0.2, 0.25) is 0 Å². The number of nitrogens with zero attached hydrogens (tertiary/aromatic N) is 2. The van der Waals surface area contributed by atoms with Gasteiger partial charge in [-0.1, -0.05) is 63.7 Å². The summed E-state index contributed by atoms with van der Waals surface area (Å²) in [5, 5.41) is 10.0. The minimum absolute atomic E-state index is 0.169. The SMILES string of the molecule is C=C(NN)c1ccc(C)c(C)c1.CCC(=O)N(C)N1Cc2ccccc2C1.CCC=O.CCNCCNC. The van der Waals surface area contributed by atoms with Gasteiger partial charge in [0.05, 0.1) is 0 Å². The molecule has 0 radical (unpaired) electrons. The third-order valence-electron chi connectivity index (χ3n) is 5.91. The molecule has 0 bridgehead atoms. The summed E-state index contributed by atoms with van der Waals surface area (Å²) in [7, 11) is 3.80. The summed E-state index contributed by atoms with van der Waals surface area (Å²) in [6.07, 6.45) is 2.07. The van der Waals surface area contributed by atoms with E-state index >= 15 is 0 Å². The Morgan fingerprint density at radius 1 is 1.05 bits per heavy atom. The molecule has 2 aromatic rings. The van der Waals surface area contributed by atoms with E-state index in [1.807, 2.05) is 46.1 Å². The number of nitrogens with two attached hydrogens (primary N) is 1. The number of carbonyl (C=O) groups excluding carboxylic acids is 2. The molecule has 1 aliphatic heterocycles. The van der Waals surface area contributed by atoms with E-state index in [1.54, 1.807) is 5.01 Å². The minimum Gasteiger partial charge on any atom is -0.324 e. The maximum absolute atomic E-state index is 11.5. The van der Waals surface area contributed by atoms with Gasteiger partial charge in [-0.3, -0.25) is 15.6 Å². The Morgan fingerprint density at radius 2 is 1.63 bits per heavy atom. The summed E-state index contributed by atoms with van der Waals surface area (Å²) in [6, 6.07) is 14.5. The first-order chi connectivity index (χ1) is 18.2. The monoisotopic (exact) mass is 526 g/mol.